The Kier molecular flexibility index (Phi) is 4.36. The van der Waals surface area contributed by atoms with Gasteiger partial charge in [-0.3, -0.25) is 0 Å². The number of nitrogens with one attached hydrogen (secondary N) is 1. The van der Waals surface area contributed by atoms with E-state index in [9.17, 15) is 0 Å². The predicted octanol–water partition coefficient (Wildman–Crippen LogP) is 1.72. The maximum atomic E-state index is 5.75. The van der Waals surface area contributed by atoms with Crippen LogP contribution in [0.15, 0.2) is 10.6 Å². The third kappa shape index (κ3) is 3.06. The SMILES string of the molecule is CNCCCc1cnc(C2CCCOC2)o1. The minimum absolute atomic E-state index is 0.367. The van der Waals surface area contributed by atoms with E-state index in [-0.39, 0.29) is 0 Å². The second kappa shape index (κ2) is 6.01. The predicted molar refractivity (Wildman–Crippen MR) is 61.5 cm³/mol. The van der Waals surface area contributed by atoms with Gasteiger partial charge in [-0.2, -0.15) is 0 Å². The molecule has 2 rings (SSSR count). The largest absolute Gasteiger partial charge is 0.445 e. The molecule has 1 aromatic rings. The van der Waals surface area contributed by atoms with Crippen LogP contribution in [0.2, 0.25) is 0 Å². The van der Waals surface area contributed by atoms with Crippen molar-refractivity contribution < 1.29 is 9.15 Å². The molecule has 1 N–H and O–H groups in total. The zero-order valence-electron chi connectivity index (χ0n) is 9.87. The van der Waals surface area contributed by atoms with Crippen LogP contribution >= 0.6 is 0 Å². The molecule has 0 spiro atoms. The van der Waals surface area contributed by atoms with Crippen LogP contribution in [0.4, 0.5) is 0 Å². The molecule has 16 heavy (non-hydrogen) atoms. The van der Waals surface area contributed by atoms with E-state index in [4.69, 9.17) is 9.15 Å². The van der Waals surface area contributed by atoms with Gasteiger partial charge >= 0.3 is 0 Å². The average Bonchev–Trinajstić information content (AvgIpc) is 2.79. The Labute approximate surface area is 96.4 Å². The summed E-state index contributed by atoms with van der Waals surface area (Å²) in [5.74, 6) is 2.22. The summed E-state index contributed by atoms with van der Waals surface area (Å²) in [6.45, 7) is 2.66. The van der Waals surface area contributed by atoms with Crippen LogP contribution in [0.25, 0.3) is 0 Å². The van der Waals surface area contributed by atoms with Gasteiger partial charge in [0.2, 0.25) is 0 Å². The molecule has 0 bridgehead atoms. The van der Waals surface area contributed by atoms with Gasteiger partial charge in [0.05, 0.1) is 18.7 Å². The number of oxazole rings is 1. The molecule has 2 heterocycles. The molecule has 4 nitrogen and oxygen atoms in total. The van der Waals surface area contributed by atoms with E-state index >= 15 is 0 Å². The molecule has 0 aliphatic carbocycles. The third-order valence-electron chi connectivity index (χ3n) is 2.93. The van der Waals surface area contributed by atoms with Crippen molar-refractivity contribution in [2.75, 3.05) is 26.8 Å². The van der Waals surface area contributed by atoms with Crippen molar-refractivity contribution in [1.29, 1.82) is 0 Å². The van der Waals surface area contributed by atoms with Gasteiger partial charge in [-0.1, -0.05) is 0 Å². The number of nitrogens with zero attached hydrogens (tertiary/aromatic N) is 1. The van der Waals surface area contributed by atoms with Crippen molar-refractivity contribution in [3.8, 4) is 0 Å². The van der Waals surface area contributed by atoms with Crippen LogP contribution in [-0.4, -0.2) is 31.8 Å². The molecule has 1 atom stereocenters. The molecule has 1 aromatic heterocycles. The van der Waals surface area contributed by atoms with E-state index in [1.807, 2.05) is 13.2 Å². The van der Waals surface area contributed by atoms with Crippen molar-refractivity contribution in [2.24, 2.45) is 0 Å². The first-order valence-electron chi connectivity index (χ1n) is 6.07. The summed E-state index contributed by atoms with van der Waals surface area (Å²) in [6, 6.07) is 0. The minimum atomic E-state index is 0.367. The fraction of sp³-hybridized carbons (Fsp3) is 0.750. The van der Waals surface area contributed by atoms with Crippen LogP contribution in [0.3, 0.4) is 0 Å². The lowest BCUT2D eigenvalue weighted by Crippen LogP contribution is -2.15. The molecule has 0 saturated carbocycles. The van der Waals surface area contributed by atoms with Crippen molar-refractivity contribution >= 4 is 0 Å². The van der Waals surface area contributed by atoms with Crippen molar-refractivity contribution in [3.05, 3.63) is 17.8 Å². The van der Waals surface area contributed by atoms with E-state index in [0.717, 1.165) is 57.1 Å². The number of rotatable bonds is 5. The van der Waals surface area contributed by atoms with Gasteiger partial charge in [0.25, 0.3) is 0 Å². The van der Waals surface area contributed by atoms with Gasteiger partial charge in [0, 0.05) is 13.0 Å². The monoisotopic (exact) mass is 224 g/mol. The molecular weight excluding hydrogens is 204 g/mol. The highest BCUT2D eigenvalue weighted by Gasteiger charge is 2.20. The number of hydrogen-bond donors (Lipinski definition) is 1. The van der Waals surface area contributed by atoms with Crippen LogP contribution in [0.5, 0.6) is 0 Å². The topological polar surface area (TPSA) is 47.3 Å². The fourth-order valence-electron chi connectivity index (χ4n) is 2.00. The average molecular weight is 224 g/mol. The van der Waals surface area contributed by atoms with Crippen molar-refractivity contribution in [2.45, 2.75) is 31.6 Å². The first kappa shape index (κ1) is 11.6. The lowest BCUT2D eigenvalue weighted by atomic mass is 10.0. The highest BCUT2D eigenvalue weighted by molar-refractivity contribution is 5.00. The standard InChI is InChI=1S/C12H20N2O2/c1-13-6-2-5-11-8-14-12(16-11)10-4-3-7-15-9-10/h8,10,13H,2-7,9H2,1H3. The maximum Gasteiger partial charge on any atom is 0.199 e. The highest BCUT2D eigenvalue weighted by atomic mass is 16.5. The number of aromatic nitrogens is 1. The quantitative estimate of drug-likeness (QED) is 0.774. The van der Waals surface area contributed by atoms with E-state index in [2.05, 4.69) is 10.3 Å². The maximum absolute atomic E-state index is 5.75. The van der Waals surface area contributed by atoms with Crippen molar-refractivity contribution in [1.82, 2.24) is 10.3 Å². The Morgan fingerprint density at radius 2 is 2.50 bits per heavy atom. The van der Waals surface area contributed by atoms with Crippen LogP contribution in [0.1, 0.15) is 36.8 Å². The Hall–Kier alpha value is -0.870. The molecule has 4 heteroatoms. The van der Waals surface area contributed by atoms with E-state index in [0.29, 0.717) is 5.92 Å². The molecule has 1 aliphatic heterocycles. The molecule has 0 aromatic carbocycles. The molecule has 1 saturated heterocycles. The van der Waals surface area contributed by atoms with Gasteiger partial charge in [-0.05, 0) is 32.9 Å². The summed E-state index contributed by atoms with van der Waals surface area (Å²) in [5, 5.41) is 3.13. The zero-order valence-corrected chi connectivity index (χ0v) is 9.87. The molecule has 90 valence electrons. The Bertz CT molecular complexity index is 306. The lowest BCUT2D eigenvalue weighted by Gasteiger charge is -2.18. The molecule has 1 fully saturated rings. The van der Waals surface area contributed by atoms with Crippen LogP contribution < -0.4 is 5.32 Å². The van der Waals surface area contributed by atoms with Crippen LogP contribution in [-0.2, 0) is 11.2 Å². The second-order valence-electron chi connectivity index (χ2n) is 4.29. The molecule has 0 radical (unpaired) electrons. The Balaban J connectivity index is 1.85. The van der Waals surface area contributed by atoms with E-state index in [1.165, 1.54) is 0 Å². The Morgan fingerprint density at radius 3 is 3.25 bits per heavy atom. The summed E-state index contributed by atoms with van der Waals surface area (Å²) < 4.78 is 11.2. The van der Waals surface area contributed by atoms with Crippen molar-refractivity contribution in [3.63, 3.8) is 0 Å². The lowest BCUT2D eigenvalue weighted by molar-refractivity contribution is 0.0722. The number of ether oxygens (including phenoxy) is 1. The van der Waals surface area contributed by atoms with Gasteiger partial charge in [0.15, 0.2) is 5.89 Å². The molecular formula is C12H20N2O2. The highest BCUT2D eigenvalue weighted by Crippen LogP contribution is 2.25. The molecule has 0 amide bonds. The normalized spacial score (nSPS) is 21.2. The number of aryl methyl sites for hydroxylation is 1. The first-order chi connectivity index (χ1) is 7.90. The zero-order chi connectivity index (χ0) is 11.2. The third-order valence-corrected chi connectivity index (χ3v) is 2.93. The summed E-state index contributed by atoms with van der Waals surface area (Å²) in [5.41, 5.74) is 0. The van der Waals surface area contributed by atoms with Gasteiger partial charge in [-0.25, -0.2) is 4.98 Å². The first-order valence-corrected chi connectivity index (χ1v) is 6.07. The fourth-order valence-corrected chi connectivity index (χ4v) is 2.00. The smallest absolute Gasteiger partial charge is 0.199 e. The van der Waals surface area contributed by atoms with E-state index in [1.54, 1.807) is 0 Å². The molecule has 1 unspecified atom stereocenters. The van der Waals surface area contributed by atoms with Gasteiger partial charge in [0.1, 0.15) is 5.76 Å². The van der Waals surface area contributed by atoms with Crippen LogP contribution in [0, 0.1) is 0 Å². The molecule has 1 aliphatic rings. The Morgan fingerprint density at radius 1 is 1.56 bits per heavy atom. The van der Waals surface area contributed by atoms with Gasteiger partial charge < -0.3 is 14.5 Å². The summed E-state index contributed by atoms with van der Waals surface area (Å²) in [6.07, 6.45) is 6.16. The summed E-state index contributed by atoms with van der Waals surface area (Å²) >= 11 is 0. The minimum Gasteiger partial charge on any atom is -0.445 e. The summed E-state index contributed by atoms with van der Waals surface area (Å²) in [4.78, 5) is 4.35. The van der Waals surface area contributed by atoms with E-state index < -0.39 is 0 Å². The number of hydrogen-bond acceptors (Lipinski definition) is 4. The summed E-state index contributed by atoms with van der Waals surface area (Å²) in [7, 11) is 1.96. The second-order valence-corrected chi connectivity index (χ2v) is 4.29. The van der Waals surface area contributed by atoms with Gasteiger partial charge in [-0.15, -0.1) is 0 Å².